The van der Waals surface area contributed by atoms with Crippen molar-refractivity contribution in [2.75, 3.05) is 14.2 Å². The largest absolute Gasteiger partial charge is 0.467 e. The third-order valence-electron chi connectivity index (χ3n) is 2.59. The third kappa shape index (κ3) is 2.25. The van der Waals surface area contributed by atoms with Crippen LogP contribution in [0.15, 0.2) is 22.7 Å². The Hall–Kier alpha value is -0.940. The van der Waals surface area contributed by atoms with Crippen LogP contribution in [-0.4, -0.2) is 20.1 Å². The number of nitrogens with one attached hydrogen (secondary N) is 1. The highest BCUT2D eigenvalue weighted by molar-refractivity contribution is 9.10. The summed E-state index contributed by atoms with van der Waals surface area (Å²) < 4.78 is 18.1. The molecule has 0 amide bonds. The number of methoxy groups -OCH3 is 1. The van der Waals surface area contributed by atoms with E-state index in [9.17, 15) is 9.18 Å². The number of likely N-dealkylation sites (N-methyl/N-ethyl adjacent to an activating group) is 1. The van der Waals surface area contributed by atoms with Crippen LogP contribution in [0.25, 0.3) is 0 Å². The Morgan fingerprint density at radius 3 is 2.62 bits per heavy atom. The molecule has 0 aromatic heterocycles. The quantitative estimate of drug-likeness (QED) is 0.867. The van der Waals surface area contributed by atoms with Crippen molar-refractivity contribution in [3.63, 3.8) is 0 Å². The molecule has 1 aromatic carbocycles. The fourth-order valence-corrected chi connectivity index (χ4v) is 1.75. The number of carbonyl (C=O) groups is 1. The van der Waals surface area contributed by atoms with Crippen molar-refractivity contribution in [1.82, 2.24) is 5.32 Å². The standard InChI is InChI=1S/C11H13BrFNO2/c1-11(14-2,10(15)16-3)7-4-5-9(13)8(12)6-7/h4-6,14H,1-3H3. The molecule has 0 heterocycles. The molecule has 0 bridgehead atoms. The monoisotopic (exact) mass is 289 g/mol. The maximum absolute atomic E-state index is 13.1. The molecule has 0 saturated heterocycles. The zero-order valence-electron chi connectivity index (χ0n) is 9.30. The molecule has 0 spiro atoms. The number of halogens is 2. The van der Waals surface area contributed by atoms with Gasteiger partial charge in [0.1, 0.15) is 11.4 Å². The van der Waals surface area contributed by atoms with Crippen LogP contribution in [0, 0.1) is 5.82 Å². The van der Waals surface area contributed by atoms with Crippen molar-refractivity contribution < 1.29 is 13.9 Å². The molecule has 88 valence electrons. The lowest BCUT2D eigenvalue weighted by molar-refractivity contribution is -0.148. The number of carbonyl (C=O) groups excluding carboxylic acids is 1. The Morgan fingerprint density at radius 2 is 2.19 bits per heavy atom. The number of rotatable bonds is 3. The molecule has 0 aliphatic heterocycles. The summed E-state index contributed by atoms with van der Waals surface area (Å²) >= 11 is 3.08. The van der Waals surface area contributed by atoms with Gasteiger partial charge in [-0.3, -0.25) is 0 Å². The van der Waals surface area contributed by atoms with Crippen molar-refractivity contribution in [3.8, 4) is 0 Å². The molecule has 3 nitrogen and oxygen atoms in total. The first-order chi connectivity index (χ1) is 7.45. The maximum atomic E-state index is 13.1. The van der Waals surface area contributed by atoms with Crippen LogP contribution in [0.2, 0.25) is 0 Å². The molecule has 1 aromatic rings. The molecule has 0 saturated carbocycles. The second-order valence-corrected chi connectivity index (χ2v) is 4.35. The SMILES string of the molecule is CNC(C)(C(=O)OC)c1ccc(F)c(Br)c1. The highest BCUT2D eigenvalue weighted by atomic mass is 79.9. The molecule has 0 radical (unpaired) electrons. The zero-order valence-corrected chi connectivity index (χ0v) is 10.9. The highest BCUT2D eigenvalue weighted by Crippen LogP contribution is 2.26. The van der Waals surface area contributed by atoms with E-state index in [0.717, 1.165) is 0 Å². The van der Waals surface area contributed by atoms with Crippen molar-refractivity contribution in [2.45, 2.75) is 12.5 Å². The maximum Gasteiger partial charge on any atom is 0.330 e. The van der Waals surface area contributed by atoms with Gasteiger partial charge in [0.15, 0.2) is 0 Å². The second kappa shape index (κ2) is 4.93. The average molecular weight is 290 g/mol. The van der Waals surface area contributed by atoms with Crippen molar-refractivity contribution in [2.24, 2.45) is 0 Å². The summed E-state index contributed by atoms with van der Waals surface area (Å²) in [7, 11) is 2.96. The smallest absolute Gasteiger partial charge is 0.330 e. The van der Waals surface area contributed by atoms with E-state index in [1.807, 2.05) is 0 Å². The summed E-state index contributed by atoms with van der Waals surface area (Å²) in [5.74, 6) is -0.791. The van der Waals surface area contributed by atoms with Gasteiger partial charge in [-0.25, -0.2) is 9.18 Å². The topological polar surface area (TPSA) is 38.3 Å². The van der Waals surface area contributed by atoms with Gasteiger partial charge in [-0.2, -0.15) is 0 Å². The number of esters is 1. The molecule has 16 heavy (non-hydrogen) atoms. The first-order valence-corrected chi connectivity index (χ1v) is 5.48. The van der Waals surface area contributed by atoms with Gasteiger partial charge in [0.25, 0.3) is 0 Å². The summed E-state index contributed by atoms with van der Waals surface area (Å²) in [6, 6.07) is 4.41. The van der Waals surface area contributed by atoms with Crippen LogP contribution in [0.4, 0.5) is 4.39 Å². The van der Waals surface area contributed by atoms with E-state index in [1.54, 1.807) is 26.1 Å². The average Bonchev–Trinajstić information content (AvgIpc) is 2.30. The van der Waals surface area contributed by atoms with Gasteiger partial charge in [-0.15, -0.1) is 0 Å². The van der Waals surface area contributed by atoms with Gasteiger partial charge >= 0.3 is 5.97 Å². The molecule has 1 unspecified atom stereocenters. The summed E-state index contributed by atoms with van der Waals surface area (Å²) in [5, 5.41) is 2.87. The lowest BCUT2D eigenvalue weighted by atomic mass is 9.92. The van der Waals surface area contributed by atoms with Gasteiger partial charge < -0.3 is 10.1 Å². The van der Waals surface area contributed by atoms with E-state index >= 15 is 0 Å². The summed E-state index contributed by atoms with van der Waals surface area (Å²) in [5.41, 5.74) is -0.347. The van der Waals surface area contributed by atoms with Gasteiger partial charge in [0.05, 0.1) is 11.6 Å². The van der Waals surface area contributed by atoms with E-state index < -0.39 is 11.5 Å². The first kappa shape index (κ1) is 13.1. The Bertz CT molecular complexity index is 411. The Morgan fingerprint density at radius 1 is 1.56 bits per heavy atom. The normalized spacial score (nSPS) is 14.3. The predicted molar refractivity (Wildman–Crippen MR) is 62.5 cm³/mol. The fourth-order valence-electron chi connectivity index (χ4n) is 1.38. The molecule has 0 aliphatic carbocycles. The minimum Gasteiger partial charge on any atom is -0.467 e. The Balaban J connectivity index is 3.23. The predicted octanol–water partition coefficient (Wildman–Crippen LogP) is 2.20. The highest BCUT2D eigenvalue weighted by Gasteiger charge is 2.34. The van der Waals surface area contributed by atoms with Gasteiger partial charge in [-0.05, 0) is 47.6 Å². The van der Waals surface area contributed by atoms with E-state index in [0.29, 0.717) is 10.0 Å². The third-order valence-corrected chi connectivity index (χ3v) is 3.20. The first-order valence-electron chi connectivity index (χ1n) is 4.68. The van der Waals surface area contributed by atoms with E-state index in [1.165, 1.54) is 13.2 Å². The van der Waals surface area contributed by atoms with Gasteiger partial charge in [-0.1, -0.05) is 6.07 Å². The lowest BCUT2D eigenvalue weighted by Gasteiger charge is -2.26. The van der Waals surface area contributed by atoms with Crippen LogP contribution in [0.1, 0.15) is 12.5 Å². The minimum absolute atomic E-state index is 0.315. The minimum atomic E-state index is -0.981. The Kier molecular flexibility index (Phi) is 4.04. The molecule has 0 aliphatic rings. The second-order valence-electron chi connectivity index (χ2n) is 3.50. The molecule has 5 heteroatoms. The molecule has 0 fully saturated rings. The van der Waals surface area contributed by atoms with E-state index in [2.05, 4.69) is 21.2 Å². The van der Waals surface area contributed by atoms with Gasteiger partial charge in [0.2, 0.25) is 0 Å². The number of hydrogen-bond acceptors (Lipinski definition) is 3. The van der Waals surface area contributed by atoms with Crippen LogP contribution in [0.3, 0.4) is 0 Å². The number of hydrogen-bond donors (Lipinski definition) is 1. The summed E-state index contributed by atoms with van der Waals surface area (Å²) in [6.45, 7) is 1.68. The molecule has 1 N–H and O–H groups in total. The molecule has 1 rings (SSSR count). The Labute approximate surface area is 102 Å². The molecular weight excluding hydrogens is 277 g/mol. The van der Waals surface area contributed by atoms with Crippen LogP contribution >= 0.6 is 15.9 Å². The number of benzene rings is 1. The van der Waals surface area contributed by atoms with Crippen molar-refractivity contribution in [1.29, 1.82) is 0 Å². The van der Waals surface area contributed by atoms with Crippen LogP contribution in [-0.2, 0) is 15.1 Å². The summed E-state index contributed by atoms with van der Waals surface area (Å²) in [6.07, 6.45) is 0. The van der Waals surface area contributed by atoms with E-state index in [-0.39, 0.29) is 5.82 Å². The van der Waals surface area contributed by atoms with Crippen LogP contribution < -0.4 is 5.32 Å². The molecular formula is C11H13BrFNO2. The molecule has 1 atom stereocenters. The van der Waals surface area contributed by atoms with Crippen molar-refractivity contribution in [3.05, 3.63) is 34.1 Å². The van der Waals surface area contributed by atoms with Gasteiger partial charge in [0, 0.05) is 0 Å². The summed E-state index contributed by atoms with van der Waals surface area (Å²) in [4.78, 5) is 11.7. The van der Waals surface area contributed by atoms with E-state index in [4.69, 9.17) is 4.74 Å². The number of ether oxygens (including phenoxy) is 1. The zero-order chi connectivity index (χ0) is 12.3. The fraction of sp³-hybridized carbons (Fsp3) is 0.364. The lowest BCUT2D eigenvalue weighted by Crippen LogP contribution is -2.45. The van der Waals surface area contributed by atoms with Crippen molar-refractivity contribution >= 4 is 21.9 Å². The van der Waals surface area contributed by atoms with Crippen LogP contribution in [0.5, 0.6) is 0 Å².